The summed E-state index contributed by atoms with van der Waals surface area (Å²) in [5.41, 5.74) is 1.03. The predicted octanol–water partition coefficient (Wildman–Crippen LogP) is 2.40. The Bertz CT molecular complexity index is 386. The van der Waals surface area contributed by atoms with Gasteiger partial charge in [0.2, 0.25) is 0 Å². The van der Waals surface area contributed by atoms with Gasteiger partial charge in [0.25, 0.3) is 0 Å². The molecule has 1 aromatic rings. The van der Waals surface area contributed by atoms with E-state index in [1.54, 1.807) is 4.90 Å². The maximum absolute atomic E-state index is 11.9. The Balaban J connectivity index is 1.73. The van der Waals surface area contributed by atoms with Gasteiger partial charge < -0.3 is 15.0 Å². The largest absolute Gasteiger partial charge is 0.445 e. The van der Waals surface area contributed by atoms with Gasteiger partial charge in [-0.05, 0) is 24.9 Å². The summed E-state index contributed by atoms with van der Waals surface area (Å²) in [5.74, 6) is 0. The third-order valence-electron chi connectivity index (χ3n) is 3.45. The molecule has 1 aliphatic heterocycles. The molecule has 0 unspecified atom stereocenters. The molecule has 1 saturated heterocycles. The third kappa shape index (κ3) is 4.24. The van der Waals surface area contributed by atoms with Crippen molar-refractivity contribution in [2.45, 2.75) is 32.4 Å². The molecule has 1 amide bonds. The van der Waals surface area contributed by atoms with Crippen LogP contribution in [-0.4, -0.2) is 36.7 Å². The summed E-state index contributed by atoms with van der Waals surface area (Å²) in [5, 5.41) is 3.42. The summed E-state index contributed by atoms with van der Waals surface area (Å²) in [6, 6.07) is 10.3. The van der Waals surface area contributed by atoms with Crippen LogP contribution in [0.25, 0.3) is 0 Å². The van der Waals surface area contributed by atoms with Crippen LogP contribution in [0.5, 0.6) is 0 Å². The van der Waals surface area contributed by atoms with Crippen molar-refractivity contribution in [1.29, 1.82) is 0 Å². The summed E-state index contributed by atoms with van der Waals surface area (Å²) >= 11 is 0. The van der Waals surface area contributed by atoms with Gasteiger partial charge in [-0.1, -0.05) is 37.3 Å². The van der Waals surface area contributed by atoms with Gasteiger partial charge in [-0.15, -0.1) is 0 Å². The van der Waals surface area contributed by atoms with E-state index in [0.29, 0.717) is 12.6 Å². The first kappa shape index (κ1) is 13.9. The van der Waals surface area contributed by atoms with E-state index in [2.05, 4.69) is 12.2 Å². The second kappa shape index (κ2) is 7.14. The van der Waals surface area contributed by atoms with E-state index in [1.807, 2.05) is 30.3 Å². The van der Waals surface area contributed by atoms with Gasteiger partial charge in [-0.2, -0.15) is 0 Å². The van der Waals surface area contributed by atoms with Crippen LogP contribution in [0.4, 0.5) is 4.79 Å². The Morgan fingerprint density at radius 2 is 2.00 bits per heavy atom. The standard InChI is InChI=1S/C15H22N2O2/c1-2-16-14-8-10-17(11-9-14)15(18)19-12-13-6-4-3-5-7-13/h3-7,14,16H,2,8-12H2,1H3. The monoisotopic (exact) mass is 262 g/mol. The van der Waals surface area contributed by atoms with Gasteiger partial charge in [0.15, 0.2) is 0 Å². The van der Waals surface area contributed by atoms with E-state index in [9.17, 15) is 4.79 Å². The molecule has 0 aromatic heterocycles. The average molecular weight is 262 g/mol. The van der Waals surface area contributed by atoms with Crippen LogP contribution in [0.1, 0.15) is 25.3 Å². The van der Waals surface area contributed by atoms with E-state index >= 15 is 0 Å². The Morgan fingerprint density at radius 1 is 1.32 bits per heavy atom. The number of hydrogen-bond acceptors (Lipinski definition) is 3. The summed E-state index contributed by atoms with van der Waals surface area (Å²) < 4.78 is 5.33. The maximum atomic E-state index is 11.9. The molecule has 1 aliphatic rings. The highest BCUT2D eigenvalue weighted by atomic mass is 16.6. The molecule has 0 spiro atoms. The first-order valence-corrected chi connectivity index (χ1v) is 6.98. The van der Waals surface area contributed by atoms with Crippen molar-refractivity contribution < 1.29 is 9.53 Å². The number of hydrogen-bond donors (Lipinski definition) is 1. The molecule has 0 radical (unpaired) electrons. The molecular formula is C15H22N2O2. The number of amides is 1. The Hall–Kier alpha value is -1.55. The van der Waals surface area contributed by atoms with Crippen LogP contribution in [0, 0.1) is 0 Å². The molecule has 0 bridgehead atoms. The molecule has 0 aliphatic carbocycles. The smallest absolute Gasteiger partial charge is 0.410 e. The lowest BCUT2D eigenvalue weighted by Crippen LogP contribution is -2.45. The van der Waals surface area contributed by atoms with Crippen LogP contribution in [0.2, 0.25) is 0 Å². The number of nitrogens with one attached hydrogen (secondary N) is 1. The molecule has 0 atom stereocenters. The molecule has 2 rings (SSSR count). The van der Waals surface area contributed by atoms with Gasteiger partial charge in [0, 0.05) is 19.1 Å². The quantitative estimate of drug-likeness (QED) is 0.906. The third-order valence-corrected chi connectivity index (χ3v) is 3.45. The first-order valence-electron chi connectivity index (χ1n) is 6.98. The van der Waals surface area contributed by atoms with E-state index in [-0.39, 0.29) is 6.09 Å². The number of nitrogens with zero attached hydrogens (tertiary/aromatic N) is 1. The SMILES string of the molecule is CCNC1CCN(C(=O)OCc2ccccc2)CC1. The fourth-order valence-corrected chi connectivity index (χ4v) is 2.37. The van der Waals surface area contributed by atoms with Gasteiger partial charge in [0.1, 0.15) is 6.61 Å². The highest BCUT2D eigenvalue weighted by Crippen LogP contribution is 2.12. The maximum Gasteiger partial charge on any atom is 0.410 e. The van der Waals surface area contributed by atoms with Crippen LogP contribution in [0.3, 0.4) is 0 Å². The lowest BCUT2D eigenvalue weighted by molar-refractivity contribution is 0.0854. The summed E-state index contributed by atoms with van der Waals surface area (Å²) in [7, 11) is 0. The molecular weight excluding hydrogens is 240 g/mol. The lowest BCUT2D eigenvalue weighted by atomic mass is 10.1. The number of carbonyl (C=O) groups excluding carboxylic acids is 1. The fraction of sp³-hybridized carbons (Fsp3) is 0.533. The molecule has 0 saturated carbocycles. The second-order valence-electron chi connectivity index (χ2n) is 4.86. The number of rotatable bonds is 4. The molecule has 1 N–H and O–H groups in total. The van der Waals surface area contributed by atoms with E-state index in [4.69, 9.17) is 4.74 Å². The Morgan fingerprint density at radius 3 is 2.63 bits per heavy atom. The van der Waals surface area contributed by atoms with Crippen molar-refractivity contribution in [1.82, 2.24) is 10.2 Å². The number of piperidine rings is 1. The number of benzene rings is 1. The first-order chi connectivity index (χ1) is 9.29. The second-order valence-corrected chi connectivity index (χ2v) is 4.86. The van der Waals surface area contributed by atoms with Gasteiger partial charge in [-0.3, -0.25) is 0 Å². The molecule has 104 valence electrons. The van der Waals surface area contributed by atoms with Gasteiger partial charge in [-0.25, -0.2) is 4.79 Å². The van der Waals surface area contributed by atoms with Crippen LogP contribution >= 0.6 is 0 Å². The van der Waals surface area contributed by atoms with Crippen molar-refractivity contribution in [3.8, 4) is 0 Å². The predicted molar refractivity (Wildman–Crippen MR) is 74.9 cm³/mol. The molecule has 1 fully saturated rings. The van der Waals surface area contributed by atoms with E-state index in [1.165, 1.54) is 0 Å². The van der Waals surface area contributed by atoms with Crippen molar-refractivity contribution in [3.63, 3.8) is 0 Å². The van der Waals surface area contributed by atoms with Crippen molar-refractivity contribution in [2.75, 3.05) is 19.6 Å². The van der Waals surface area contributed by atoms with Crippen molar-refractivity contribution >= 4 is 6.09 Å². The topological polar surface area (TPSA) is 41.6 Å². The Labute approximate surface area is 114 Å². The zero-order valence-electron chi connectivity index (χ0n) is 11.5. The fourth-order valence-electron chi connectivity index (χ4n) is 2.37. The van der Waals surface area contributed by atoms with Crippen LogP contribution in [-0.2, 0) is 11.3 Å². The molecule has 1 heterocycles. The average Bonchev–Trinajstić information content (AvgIpc) is 2.47. The highest BCUT2D eigenvalue weighted by Gasteiger charge is 2.22. The van der Waals surface area contributed by atoms with E-state index < -0.39 is 0 Å². The summed E-state index contributed by atoms with van der Waals surface area (Å²) in [6.07, 6.45) is 1.82. The number of carbonyl (C=O) groups is 1. The van der Waals surface area contributed by atoms with Crippen LogP contribution < -0.4 is 5.32 Å². The van der Waals surface area contributed by atoms with Crippen molar-refractivity contribution in [3.05, 3.63) is 35.9 Å². The lowest BCUT2D eigenvalue weighted by Gasteiger charge is -2.31. The molecule has 4 nitrogen and oxygen atoms in total. The zero-order valence-corrected chi connectivity index (χ0v) is 11.5. The number of ether oxygens (including phenoxy) is 1. The van der Waals surface area contributed by atoms with E-state index in [0.717, 1.165) is 38.0 Å². The minimum atomic E-state index is -0.196. The zero-order chi connectivity index (χ0) is 13.5. The minimum absolute atomic E-state index is 0.196. The summed E-state index contributed by atoms with van der Waals surface area (Å²) in [4.78, 5) is 13.7. The molecule has 19 heavy (non-hydrogen) atoms. The highest BCUT2D eigenvalue weighted by molar-refractivity contribution is 5.67. The molecule has 4 heteroatoms. The normalized spacial score (nSPS) is 16.4. The van der Waals surface area contributed by atoms with Gasteiger partial charge in [0.05, 0.1) is 0 Å². The minimum Gasteiger partial charge on any atom is -0.445 e. The van der Waals surface area contributed by atoms with Crippen LogP contribution in [0.15, 0.2) is 30.3 Å². The van der Waals surface area contributed by atoms with Crippen molar-refractivity contribution in [2.24, 2.45) is 0 Å². The summed E-state index contributed by atoms with van der Waals surface area (Å²) in [6.45, 7) is 5.02. The van der Waals surface area contributed by atoms with Gasteiger partial charge >= 0.3 is 6.09 Å². The Kier molecular flexibility index (Phi) is 5.21. The molecule has 1 aromatic carbocycles. The number of likely N-dealkylation sites (tertiary alicyclic amines) is 1.